The summed E-state index contributed by atoms with van der Waals surface area (Å²) in [7, 11) is 0. The van der Waals surface area contributed by atoms with Gasteiger partial charge in [0.1, 0.15) is 6.10 Å². The SMILES string of the molecule is Cc1ccc(C)c(C(O)C2(O)OC2(O)c2cc(C)ccc2C)c1. The van der Waals surface area contributed by atoms with Crippen LogP contribution < -0.4 is 0 Å². The van der Waals surface area contributed by atoms with E-state index in [1.54, 1.807) is 12.1 Å². The van der Waals surface area contributed by atoms with E-state index in [0.29, 0.717) is 11.1 Å². The number of benzene rings is 2. The highest BCUT2D eigenvalue weighted by Gasteiger charge is 2.75. The Morgan fingerprint density at radius 1 is 0.870 bits per heavy atom. The molecule has 1 saturated heterocycles. The molecule has 3 N–H and O–H groups in total. The average Bonchev–Trinajstić information content (AvgIpc) is 3.08. The lowest BCUT2D eigenvalue weighted by molar-refractivity contribution is -0.0826. The van der Waals surface area contributed by atoms with Gasteiger partial charge in [0.05, 0.1) is 0 Å². The van der Waals surface area contributed by atoms with Gasteiger partial charge in [0.25, 0.3) is 11.6 Å². The van der Waals surface area contributed by atoms with Crippen LogP contribution in [0.2, 0.25) is 0 Å². The van der Waals surface area contributed by atoms with Gasteiger partial charge in [-0.1, -0.05) is 47.5 Å². The molecular weight excluding hydrogens is 292 g/mol. The van der Waals surface area contributed by atoms with Crippen LogP contribution in [0.3, 0.4) is 0 Å². The summed E-state index contributed by atoms with van der Waals surface area (Å²) in [4.78, 5) is 0. The van der Waals surface area contributed by atoms with Crippen LogP contribution in [0.25, 0.3) is 0 Å². The summed E-state index contributed by atoms with van der Waals surface area (Å²) in [5.74, 6) is -3.96. The quantitative estimate of drug-likeness (QED) is 0.761. The Morgan fingerprint density at radius 2 is 1.43 bits per heavy atom. The van der Waals surface area contributed by atoms with Crippen molar-refractivity contribution in [3.8, 4) is 0 Å². The van der Waals surface area contributed by atoms with Crippen molar-refractivity contribution in [3.05, 3.63) is 69.8 Å². The predicted octanol–water partition coefficient (Wildman–Crippen LogP) is 2.52. The molecule has 1 heterocycles. The van der Waals surface area contributed by atoms with Gasteiger partial charge in [-0.3, -0.25) is 0 Å². The second kappa shape index (κ2) is 5.14. The molecule has 122 valence electrons. The summed E-state index contributed by atoms with van der Waals surface area (Å²) in [5, 5.41) is 32.2. The van der Waals surface area contributed by atoms with Crippen molar-refractivity contribution in [1.82, 2.24) is 0 Å². The van der Waals surface area contributed by atoms with Gasteiger partial charge in [0.15, 0.2) is 0 Å². The van der Waals surface area contributed by atoms with Gasteiger partial charge >= 0.3 is 0 Å². The fourth-order valence-corrected chi connectivity index (χ4v) is 3.05. The maximum absolute atomic E-state index is 10.8. The molecular formula is C19H22O4. The van der Waals surface area contributed by atoms with Crippen molar-refractivity contribution in [1.29, 1.82) is 0 Å². The minimum Gasteiger partial charge on any atom is -0.382 e. The van der Waals surface area contributed by atoms with E-state index in [0.717, 1.165) is 22.3 Å². The van der Waals surface area contributed by atoms with Crippen LogP contribution in [0.1, 0.15) is 39.5 Å². The van der Waals surface area contributed by atoms with E-state index in [9.17, 15) is 15.3 Å². The lowest BCUT2D eigenvalue weighted by Gasteiger charge is -2.20. The number of rotatable bonds is 3. The first-order valence-corrected chi connectivity index (χ1v) is 7.67. The fraction of sp³-hybridized carbons (Fsp3) is 0.368. The molecule has 0 bridgehead atoms. The number of epoxide rings is 1. The molecule has 4 nitrogen and oxygen atoms in total. The molecule has 0 saturated carbocycles. The summed E-state index contributed by atoms with van der Waals surface area (Å²) < 4.78 is 5.29. The molecule has 23 heavy (non-hydrogen) atoms. The molecule has 0 spiro atoms. The van der Waals surface area contributed by atoms with Crippen LogP contribution in [0.15, 0.2) is 36.4 Å². The Kier molecular flexibility index (Phi) is 3.61. The van der Waals surface area contributed by atoms with Crippen molar-refractivity contribution in [2.24, 2.45) is 0 Å². The first kappa shape index (κ1) is 16.1. The Hall–Kier alpha value is -1.72. The maximum Gasteiger partial charge on any atom is 0.260 e. The lowest BCUT2D eigenvalue weighted by atomic mass is 9.90. The fourth-order valence-electron chi connectivity index (χ4n) is 3.05. The van der Waals surface area contributed by atoms with E-state index >= 15 is 0 Å². The smallest absolute Gasteiger partial charge is 0.260 e. The Morgan fingerprint density at radius 3 is 2.09 bits per heavy atom. The molecule has 1 aliphatic heterocycles. The van der Waals surface area contributed by atoms with Gasteiger partial charge in [-0.25, -0.2) is 0 Å². The van der Waals surface area contributed by atoms with Gasteiger partial charge in [-0.05, 0) is 44.4 Å². The average molecular weight is 314 g/mol. The van der Waals surface area contributed by atoms with Gasteiger partial charge < -0.3 is 20.1 Å². The van der Waals surface area contributed by atoms with E-state index in [1.165, 1.54) is 0 Å². The standard InChI is InChI=1S/C19H22O4/c1-11-5-7-13(3)15(9-11)17(20)19(22)18(21,23-19)16-10-12(2)6-8-14(16)4/h5-10,17,20-22H,1-4H3. The van der Waals surface area contributed by atoms with Gasteiger partial charge in [-0.15, -0.1) is 0 Å². The molecule has 3 atom stereocenters. The summed E-state index contributed by atoms with van der Waals surface area (Å²) >= 11 is 0. The van der Waals surface area contributed by atoms with E-state index in [2.05, 4.69) is 0 Å². The molecule has 0 aliphatic carbocycles. The zero-order valence-electron chi connectivity index (χ0n) is 13.8. The monoisotopic (exact) mass is 314 g/mol. The van der Waals surface area contributed by atoms with E-state index in [1.807, 2.05) is 52.0 Å². The minimum atomic E-state index is -2.05. The summed E-state index contributed by atoms with van der Waals surface area (Å²) in [6.07, 6.45) is -1.34. The maximum atomic E-state index is 10.8. The Balaban J connectivity index is 2.01. The Labute approximate surface area is 136 Å². The normalized spacial score (nSPS) is 27.8. The van der Waals surface area contributed by atoms with Crippen molar-refractivity contribution in [3.63, 3.8) is 0 Å². The third kappa shape index (κ3) is 2.39. The zero-order chi connectivity index (χ0) is 17.0. The van der Waals surface area contributed by atoms with Crippen LogP contribution in [-0.2, 0) is 10.5 Å². The molecule has 0 aromatic heterocycles. The topological polar surface area (TPSA) is 73.2 Å². The van der Waals surface area contributed by atoms with Crippen LogP contribution in [-0.4, -0.2) is 21.1 Å². The van der Waals surface area contributed by atoms with E-state index < -0.39 is 17.7 Å². The second-order valence-corrected chi connectivity index (χ2v) is 6.52. The highest BCUT2D eigenvalue weighted by molar-refractivity contribution is 5.41. The highest BCUT2D eigenvalue weighted by Crippen LogP contribution is 2.58. The van der Waals surface area contributed by atoms with Crippen molar-refractivity contribution in [2.45, 2.75) is 45.4 Å². The summed E-state index contributed by atoms with van der Waals surface area (Å²) in [5.41, 5.74) is 4.55. The number of aryl methyl sites for hydroxylation is 4. The van der Waals surface area contributed by atoms with Gasteiger partial charge in [0, 0.05) is 5.56 Å². The summed E-state index contributed by atoms with van der Waals surface area (Å²) in [6, 6.07) is 11.1. The number of hydrogen-bond donors (Lipinski definition) is 3. The van der Waals surface area contributed by atoms with Crippen LogP contribution >= 0.6 is 0 Å². The Bertz CT molecular complexity index is 770. The van der Waals surface area contributed by atoms with Crippen LogP contribution in [0.5, 0.6) is 0 Å². The second-order valence-electron chi connectivity index (χ2n) is 6.52. The molecule has 1 aliphatic rings. The third-order valence-corrected chi connectivity index (χ3v) is 4.61. The van der Waals surface area contributed by atoms with Crippen molar-refractivity contribution >= 4 is 0 Å². The lowest BCUT2D eigenvalue weighted by Crippen LogP contribution is -2.31. The molecule has 3 rings (SSSR count). The first-order valence-electron chi connectivity index (χ1n) is 7.67. The minimum absolute atomic E-state index is 0.476. The molecule has 4 heteroatoms. The number of aliphatic hydroxyl groups is 3. The summed E-state index contributed by atoms with van der Waals surface area (Å²) in [6.45, 7) is 7.49. The number of hydrogen-bond acceptors (Lipinski definition) is 4. The largest absolute Gasteiger partial charge is 0.382 e. The van der Waals surface area contributed by atoms with Crippen LogP contribution in [0.4, 0.5) is 0 Å². The molecule has 3 unspecified atom stereocenters. The molecule has 2 aromatic rings. The number of ether oxygens (including phenoxy) is 1. The van der Waals surface area contributed by atoms with Gasteiger partial charge in [-0.2, -0.15) is 0 Å². The highest BCUT2D eigenvalue weighted by atomic mass is 16.8. The van der Waals surface area contributed by atoms with E-state index in [-0.39, 0.29) is 0 Å². The van der Waals surface area contributed by atoms with Gasteiger partial charge in [0.2, 0.25) is 0 Å². The molecule has 0 amide bonds. The van der Waals surface area contributed by atoms with Crippen molar-refractivity contribution < 1.29 is 20.1 Å². The molecule has 2 aromatic carbocycles. The van der Waals surface area contributed by atoms with Crippen LogP contribution in [0, 0.1) is 27.7 Å². The zero-order valence-corrected chi connectivity index (χ0v) is 13.8. The molecule has 0 radical (unpaired) electrons. The number of aliphatic hydroxyl groups excluding tert-OH is 1. The first-order chi connectivity index (χ1) is 10.7. The molecule has 1 fully saturated rings. The van der Waals surface area contributed by atoms with Crippen molar-refractivity contribution in [2.75, 3.05) is 0 Å². The van der Waals surface area contributed by atoms with E-state index in [4.69, 9.17) is 4.74 Å². The predicted molar refractivity (Wildman–Crippen MR) is 86.7 cm³/mol. The third-order valence-electron chi connectivity index (χ3n) is 4.61.